The first kappa shape index (κ1) is 30.1. The Bertz CT molecular complexity index is 1780. The standard InChI is InChI=1S/C30H28ClF3N6O3S/c31-20-5-4-19(22(32)10-20)16-43-28-3-1-2-23(36-28)18-6-8-38(9-7-18)15-27-37-29-24(11-25(44-29)30(41)42)40(27)13-21-12-35-17-39(21)14-26(33)34/h1-5,10-12,17-18,26H,6-9,13-16H2,(H,41,42). The zero-order valence-electron chi connectivity index (χ0n) is 23.4. The number of piperidine rings is 1. The molecule has 0 saturated carbocycles. The zero-order chi connectivity index (χ0) is 30.8. The van der Waals surface area contributed by atoms with Gasteiger partial charge in [-0.1, -0.05) is 23.7 Å². The molecule has 4 aromatic heterocycles. The van der Waals surface area contributed by atoms with Crippen LogP contribution in [0.1, 0.15) is 51.2 Å². The highest BCUT2D eigenvalue weighted by molar-refractivity contribution is 7.20. The predicted octanol–water partition coefficient (Wildman–Crippen LogP) is 6.45. The molecule has 0 bridgehead atoms. The van der Waals surface area contributed by atoms with E-state index in [1.165, 1.54) is 17.0 Å². The van der Waals surface area contributed by atoms with E-state index < -0.39 is 24.8 Å². The second-order valence-electron chi connectivity index (χ2n) is 10.6. The molecular formula is C30H28ClF3N6O3S. The van der Waals surface area contributed by atoms with E-state index in [0.717, 1.165) is 48.8 Å². The highest BCUT2D eigenvalue weighted by Gasteiger charge is 2.25. The van der Waals surface area contributed by atoms with Crippen molar-refractivity contribution >= 4 is 39.3 Å². The van der Waals surface area contributed by atoms with E-state index in [4.69, 9.17) is 21.3 Å². The molecule has 6 rings (SSSR count). The van der Waals surface area contributed by atoms with E-state index in [2.05, 4.69) is 14.9 Å². The maximum atomic E-state index is 14.1. The molecule has 9 nitrogen and oxygen atoms in total. The Morgan fingerprint density at radius 1 is 1.14 bits per heavy atom. The molecular weight excluding hydrogens is 617 g/mol. The topological polar surface area (TPSA) is 98.3 Å². The molecule has 44 heavy (non-hydrogen) atoms. The van der Waals surface area contributed by atoms with Crippen molar-refractivity contribution in [2.24, 2.45) is 0 Å². The molecule has 1 aliphatic heterocycles. The highest BCUT2D eigenvalue weighted by Crippen LogP contribution is 2.31. The Hall–Kier alpha value is -3.94. The van der Waals surface area contributed by atoms with Crippen LogP contribution in [0.5, 0.6) is 5.88 Å². The van der Waals surface area contributed by atoms with Crippen LogP contribution in [-0.2, 0) is 26.2 Å². The van der Waals surface area contributed by atoms with E-state index >= 15 is 0 Å². The number of aromatic nitrogens is 5. The van der Waals surface area contributed by atoms with E-state index in [1.54, 1.807) is 30.5 Å². The Labute approximate surface area is 259 Å². The average Bonchev–Trinajstić information content (AvgIpc) is 3.69. The minimum absolute atomic E-state index is 0.0406. The summed E-state index contributed by atoms with van der Waals surface area (Å²) >= 11 is 6.93. The number of benzene rings is 1. The molecule has 0 atom stereocenters. The third kappa shape index (κ3) is 6.74. The highest BCUT2D eigenvalue weighted by atomic mass is 35.5. The molecule has 0 aliphatic carbocycles. The van der Waals surface area contributed by atoms with Crippen molar-refractivity contribution in [3.63, 3.8) is 0 Å². The maximum Gasteiger partial charge on any atom is 0.346 e. The lowest BCUT2D eigenvalue weighted by molar-refractivity contribution is 0.0702. The Morgan fingerprint density at radius 3 is 2.70 bits per heavy atom. The average molecular weight is 645 g/mol. The molecule has 1 aliphatic rings. The van der Waals surface area contributed by atoms with Gasteiger partial charge in [0, 0.05) is 34.5 Å². The molecule has 14 heteroatoms. The normalized spacial score (nSPS) is 14.6. The van der Waals surface area contributed by atoms with E-state index in [9.17, 15) is 23.1 Å². The second-order valence-corrected chi connectivity index (χ2v) is 12.1. The minimum Gasteiger partial charge on any atom is -0.477 e. The Morgan fingerprint density at radius 2 is 1.95 bits per heavy atom. The first-order chi connectivity index (χ1) is 21.2. The van der Waals surface area contributed by atoms with Gasteiger partial charge in [0.25, 0.3) is 6.43 Å². The van der Waals surface area contributed by atoms with Crippen molar-refractivity contribution in [2.75, 3.05) is 13.1 Å². The number of rotatable bonds is 11. The molecule has 5 heterocycles. The van der Waals surface area contributed by atoms with Gasteiger partial charge in [-0.3, -0.25) is 4.90 Å². The number of ether oxygens (including phenoxy) is 1. The summed E-state index contributed by atoms with van der Waals surface area (Å²) in [5, 5.41) is 9.82. The molecule has 0 radical (unpaired) electrons. The van der Waals surface area contributed by atoms with Gasteiger partial charge in [-0.25, -0.2) is 32.9 Å². The third-order valence-corrected chi connectivity index (χ3v) is 8.94. The summed E-state index contributed by atoms with van der Waals surface area (Å²) in [6.07, 6.45) is 2.09. The number of thiophene rings is 1. The van der Waals surface area contributed by atoms with Gasteiger partial charge in [-0.05, 0) is 50.2 Å². The number of imidazole rings is 2. The van der Waals surface area contributed by atoms with Gasteiger partial charge in [-0.15, -0.1) is 11.3 Å². The van der Waals surface area contributed by atoms with E-state index in [1.807, 2.05) is 16.7 Å². The van der Waals surface area contributed by atoms with Crippen molar-refractivity contribution in [3.05, 3.63) is 93.5 Å². The van der Waals surface area contributed by atoms with Crippen LogP contribution in [0, 0.1) is 5.82 Å². The summed E-state index contributed by atoms with van der Waals surface area (Å²) in [6, 6.07) is 11.7. The van der Waals surface area contributed by atoms with Crippen molar-refractivity contribution in [2.45, 2.75) is 51.4 Å². The summed E-state index contributed by atoms with van der Waals surface area (Å²) < 4.78 is 49.5. The number of pyridine rings is 1. The second kappa shape index (κ2) is 13.0. The summed E-state index contributed by atoms with van der Waals surface area (Å²) in [5.41, 5.74) is 2.54. The number of fused-ring (bicyclic) bond motifs is 1. The van der Waals surface area contributed by atoms with Crippen LogP contribution in [0.4, 0.5) is 13.2 Å². The van der Waals surface area contributed by atoms with Crippen molar-refractivity contribution in [1.29, 1.82) is 0 Å². The first-order valence-electron chi connectivity index (χ1n) is 14.0. The molecule has 1 fully saturated rings. The SMILES string of the molecule is O=C(O)c1cc2c(nc(CN3CCC(c4cccc(OCc5ccc(Cl)cc5F)n4)CC3)n2Cc2cncn2CC(F)F)s1. The number of carboxylic acid groups (broad SMARTS) is 1. The lowest BCUT2D eigenvalue weighted by Crippen LogP contribution is -2.33. The van der Waals surface area contributed by atoms with E-state index in [-0.39, 0.29) is 23.9 Å². The molecule has 0 spiro atoms. The monoisotopic (exact) mass is 644 g/mol. The number of likely N-dealkylation sites (tertiary alicyclic amines) is 1. The lowest BCUT2D eigenvalue weighted by atomic mass is 9.93. The van der Waals surface area contributed by atoms with Crippen molar-refractivity contribution in [1.82, 2.24) is 29.0 Å². The van der Waals surface area contributed by atoms with Crippen LogP contribution in [0.25, 0.3) is 10.3 Å². The Balaban J connectivity index is 1.13. The van der Waals surface area contributed by atoms with E-state index in [0.29, 0.717) is 39.1 Å². The van der Waals surface area contributed by atoms with Crippen LogP contribution in [0.3, 0.4) is 0 Å². The molecule has 0 amide bonds. The third-order valence-electron chi connectivity index (χ3n) is 7.70. The van der Waals surface area contributed by atoms with Gasteiger partial charge in [-0.2, -0.15) is 0 Å². The molecule has 1 aromatic carbocycles. The molecule has 5 aromatic rings. The van der Waals surface area contributed by atoms with Crippen LogP contribution in [0.2, 0.25) is 5.02 Å². The number of hydrogen-bond acceptors (Lipinski definition) is 7. The molecule has 1 saturated heterocycles. The van der Waals surface area contributed by atoms with Gasteiger partial charge in [0.1, 0.15) is 28.0 Å². The number of aromatic carboxylic acids is 1. The summed E-state index contributed by atoms with van der Waals surface area (Å²) in [4.78, 5) is 28.1. The van der Waals surface area contributed by atoms with Gasteiger partial charge in [0.2, 0.25) is 5.88 Å². The Kier molecular flexibility index (Phi) is 8.87. The number of halogens is 4. The number of hydrogen-bond donors (Lipinski definition) is 1. The number of alkyl halides is 2. The van der Waals surface area contributed by atoms with Crippen molar-refractivity contribution < 1.29 is 27.8 Å². The quantitative estimate of drug-likeness (QED) is 0.176. The van der Waals surface area contributed by atoms with Gasteiger partial charge in [0.05, 0.1) is 37.2 Å². The van der Waals surface area contributed by atoms with Crippen LogP contribution in [0.15, 0.2) is 55.0 Å². The number of carbonyl (C=O) groups is 1. The largest absolute Gasteiger partial charge is 0.477 e. The maximum absolute atomic E-state index is 14.1. The molecule has 1 N–H and O–H groups in total. The van der Waals surface area contributed by atoms with Crippen LogP contribution in [-0.4, -0.2) is 59.6 Å². The fraction of sp³-hybridized carbons (Fsp3) is 0.333. The van der Waals surface area contributed by atoms with Crippen LogP contribution < -0.4 is 4.74 Å². The molecule has 0 unspecified atom stereocenters. The number of nitrogens with zero attached hydrogens (tertiary/aromatic N) is 6. The van der Waals surface area contributed by atoms with Gasteiger partial charge < -0.3 is 19.0 Å². The fourth-order valence-corrected chi connectivity index (χ4v) is 6.48. The van der Waals surface area contributed by atoms with Gasteiger partial charge >= 0.3 is 5.97 Å². The van der Waals surface area contributed by atoms with Crippen molar-refractivity contribution in [3.8, 4) is 5.88 Å². The predicted molar refractivity (Wildman–Crippen MR) is 159 cm³/mol. The first-order valence-corrected chi connectivity index (χ1v) is 15.2. The van der Waals surface area contributed by atoms with Gasteiger partial charge in [0.15, 0.2) is 0 Å². The fourth-order valence-electron chi connectivity index (χ4n) is 5.44. The summed E-state index contributed by atoms with van der Waals surface area (Å²) in [6.45, 7) is 1.87. The zero-order valence-corrected chi connectivity index (χ0v) is 24.9. The minimum atomic E-state index is -2.53. The van der Waals surface area contributed by atoms with Crippen LogP contribution >= 0.6 is 22.9 Å². The number of carboxylic acids is 1. The summed E-state index contributed by atoms with van der Waals surface area (Å²) in [7, 11) is 0. The summed E-state index contributed by atoms with van der Waals surface area (Å²) in [5.74, 6) is -0.0940. The molecule has 230 valence electrons. The smallest absolute Gasteiger partial charge is 0.346 e. The lowest BCUT2D eigenvalue weighted by Gasteiger charge is -2.31.